The standard InChI is InChI=1S/C17H16N4O3S2/c1-11-19-15-8-3-2-7-14(15)17(20-11)25-10-16(22)21-12-5-4-6-13(9-12)26(18,23)24/h2-9H,10H2,1H3,(H,21,22)(H2,18,23,24). The molecular formula is C17H16N4O3S2. The molecule has 0 aliphatic heterocycles. The van der Waals surface area contributed by atoms with E-state index in [2.05, 4.69) is 15.3 Å². The number of para-hydroxylation sites is 1. The molecule has 0 bridgehead atoms. The highest BCUT2D eigenvalue weighted by atomic mass is 32.2. The molecule has 134 valence electrons. The predicted octanol–water partition coefficient (Wildman–Crippen LogP) is 2.32. The van der Waals surface area contributed by atoms with E-state index in [0.717, 1.165) is 15.9 Å². The average Bonchev–Trinajstić information content (AvgIpc) is 2.59. The zero-order valence-electron chi connectivity index (χ0n) is 13.8. The fourth-order valence-electron chi connectivity index (χ4n) is 2.35. The predicted molar refractivity (Wildman–Crippen MR) is 101 cm³/mol. The molecule has 7 nitrogen and oxygen atoms in total. The average molecular weight is 388 g/mol. The molecule has 1 aromatic heterocycles. The summed E-state index contributed by atoms with van der Waals surface area (Å²) >= 11 is 1.30. The first-order valence-corrected chi connectivity index (χ1v) is 10.1. The van der Waals surface area contributed by atoms with Gasteiger partial charge in [0.15, 0.2) is 0 Å². The number of rotatable bonds is 5. The van der Waals surface area contributed by atoms with Crippen molar-refractivity contribution in [3.63, 3.8) is 0 Å². The zero-order valence-corrected chi connectivity index (χ0v) is 15.5. The summed E-state index contributed by atoms with van der Waals surface area (Å²) in [6.07, 6.45) is 0. The molecule has 0 fully saturated rings. The van der Waals surface area contributed by atoms with Gasteiger partial charge in [-0.25, -0.2) is 23.5 Å². The smallest absolute Gasteiger partial charge is 0.238 e. The zero-order chi connectivity index (χ0) is 18.7. The molecule has 0 saturated carbocycles. The van der Waals surface area contributed by atoms with E-state index in [-0.39, 0.29) is 16.6 Å². The van der Waals surface area contributed by atoms with E-state index in [0.29, 0.717) is 11.5 Å². The molecule has 0 radical (unpaired) electrons. The van der Waals surface area contributed by atoms with Gasteiger partial charge in [0, 0.05) is 11.1 Å². The number of anilines is 1. The van der Waals surface area contributed by atoms with Crippen LogP contribution in [-0.2, 0) is 14.8 Å². The summed E-state index contributed by atoms with van der Waals surface area (Å²) in [5, 5.41) is 9.37. The number of benzene rings is 2. The molecule has 26 heavy (non-hydrogen) atoms. The second kappa shape index (κ2) is 7.40. The van der Waals surface area contributed by atoms with Crippen molar-refractivity contribution in [1.29, 1.82) is 0 Å². The Morgan fingerprint density at radius 3 is 2.69 bits per heavy atom. The van der Waals surface area contributed by atoms with Gasteiger partial charge in [-0.1, -0.05) is 36.0 Å². The number of fused-ring (bicyclic) bond motifs is 1. The summed E-state index contributed by atoms with van der Waals surface area (Å²) in [4.78, 5) is 20.9. The molecule has 3 N–H and O–H groups in total. The molecule has 1 heterocycles. The Bertz CT molecular complexity index is 1080. The van der Waals surface area contributed by atoms with E-state index in [1.54, 1.807) is 13.0 Å². The maximum Gasteiger partial charge on any atom is 0.238 e. The molecule has 3 aromatic rings. The van der Waals surface area contributed by atoms with Crippen LogP contribution in [0.25, 0.3) is 10.9 Å². The Balaban J connectivity index is 1.72. The van der Waals surface area contributed by atoms with E-state index in [4.69, 9.17) is 5.14 Å². The number of hydrogen-bond donors (Lipinski definition) is 2. The number of nitrogens with zero attached hydrogens (tertiary/aromatic N) is 2. The third kappa shape index (κ3) is 4.37. The highest BCUT2D eigenvalue weighted by Gasteiger charge is 2.11. The molecule has 0 aliphatic rings. The first-order chi connectivity index (χ1) is 12.3. The fraction of sp³-hybridized carbons (Fsp3) is 0.118. The lowest BCUT2D eigenvalue weighted by atomic mass is 10.2. The maximum absolute atomic E-state index is 12.2. The molecule has 0 aliphatic carbocycles. The number of carbonyl (C=O) groups excluding carboxylic acids is 1. The summed E-state index contributed by atoms with van der Waals surface area (Å²) in [5.74, 6) is 0.481. The maximum atomic E-state index is 12.2. The number of amides is 1. The summed E-state index contributed by atoms with van der Waals surface area (Å²) in [6.45, 7) is 1.80. The molecule has 3 rings (SSSR count). The van der Waals surface area contributed by atoms with Crippen LogP contribution in [0, 0.1) is 6.92 Å². The van der Waals surface area contributed by atoms with Gasteiger partial charge in [-0.15, -0.1) is 0 Å². The fourth-order valence-corrected chi connectivity index (χ4v) is 3.77. The number of sulfonamides is 1. The SMILES string of the molecule is Cc1nc(SCC(=O)Nc2cccc(S(N)(=O)=O)c2)c2ccccc2n1. The summed E-state index contributed by atoms with van der Waals surface area (Å²) < 4.78 is 22.8. The van der Waals surface area contributed by atoms with Gasteiger partial charge < -0.3 is 5.32 Å². The molecule has 9 heteroatoms. The van der Waals surface area contributed by atoms with Crippen molar-refractivity contribution in [1.82, 2.24) is 9.97 Å². The number of aromatic nitrogens is 2. The minimum Gasteiger partial charge on any atom is -0.325 e. The normalized spacial score (nSPS) is 11.5. The van der Waals surface area contributed by atoms with Gasteiger partial charge in [0.05, 0.1) is 16.2 Å². The second-order valence-corrected chi connectivity index (χ2v) is 8.03. The van der Waals surface area contributed by atoms with Crippen LogP contribution in [0.3, 0.4) is 0 Å². The molecule has 1 amide bonds. The number of aryl methyl sites for hydroxylation is 1. The highest BCUT2D eigenvalue weighted by Crippen LogP contribution is 2.25. The second-order valence-electron chi connectivity index (χ2n) is 5.50. The van der Waals surface area contributed by atoms with Crippen LogP contribution in [0.15, 0.2) is 58.5 Å². The first kappa shape index (κ1) is 18.3. The Kier molecular flexibility index (Phi) is 5.21. The van der Waals surface area contributed by atoms with Crippen LogP contribution in [0.1, 0.15) is 5.82 Å². The number of nitrogens with one attached hydrogen (secondary N) is 1. The van der Waals surface area contributed by atoms with Crippen LogP contribution in [0.2, 0.25) is 0 Å². The van der Waals surface area contributed by atoms with Crippen LogP contribution in [0.5, 0.6) is 0 Å². The Labute approximate surface area is 155 Å². The highest BCUT2D eigenvalue weighted by molar-refractivity contribution is 8.00. The lowest BCUT2D eigenvalue weighted by Gasteiger charge is -2.08. The van der Waals surface area contributed by atoms with E-state index < -0.39 is 10.0 Å². The van der Waals surface area contributed by atoms with E-state index in [9.17, 15) is 13.2 Å². The summed E-state index contributed by atoms with van der Waals surface area (Å²) in [5.41, 5.74) is 1.19. The monoisotopic (exact) mass is 388 g/mol. The Hall–Kier alpha value is -2.49. The topological polar surface area (TPSA) is 115 Å². The van der Waals surface area contributed by atoms with Crippen molar-refractivity contribution in [2.45, 2.75) is 16.8 Å². The Morgan fingerprint density at radius 1 is 1.15 bits per heavy atom. The molecule has 0 spiro atoms. The minimum atomic E-state index is -3.82. The number of nitrogens with two attached hydrogens (primary N) is 1. The largest absolute Gasteiger partial charge is 0.325 e. The molecule has 2 aromatic carbocycles. The van der Waals surface area contributed by atoms with Crippen molar-refractivity contribution in [2.24, 2.45) is 5.14 Å². The number of thioether (sulfide) groups is 1. The van der Waals surface area contributed by atoms with Gasteiger partial charge in [-0.05, 0) is 31.2 Å². The third-order valence-corrected chi connectivity index (χ3v) is 5.37. The van der Waals surface area contributed by atoms with Crippen molar-refractivity contribution < 1.29 is 13.2 Å². The van der Waals surface area contributed by atoms with Gasteiger partial charge in [-0.3, -0.25) is 4.79 Å². The van der Waals surface area contributed by atoms with Crippen LogP contribution >= 0.6 is 11.8 Å². The summed E-state index contributed by atoms with van der Waals surface area (Å²) in [7, 11) is -3.82. The van der Waals surface area contributed by atoms with Gasteiger partial charge in [0.25, 0.3) is 0 Å². The lowest BCUT2D eigenvalue weighted by Crippen LogP contribution is -2.16. The van der Waals surface area contributed by atoms with Crippen LogP contribution < -0.4 is 10.5 Å². The third-order valence-electron chi connectivity index (χ3n) is 3.47. The van der Waals surface area contributed by atoms with Crippen molar-refractivity contribution in [2.75, 3.05) is 11.1 Å². The molecular weight excluding hydrogens is 372 g/mol. The lowest BCUT2D eigenvalue weighted by molar-refractivity contribution is -0.113. The minimum absolute atomic E-state index is 0.0552. The molecule has 0 atom stereocenters. The van der Waals surface area contributed by atoms with E-state index in [1.165, 1.54) is 30.0 Å². The van der Waals surface area contributed by atoms with Gasteiger partial charge in [0.1, 0.15) is 10.9 Å². The molecule has 0 saturated heterocycles. The van der Waals surface area contributed by atoms with Crippen molar-refractivity contribution in [3.8, 4) is 0 Å². The van der Waals surface area contributed by atoms with Gasteiger partial charge in [0.2, 0.25) is 15.9 Å². The van der Waals surface area contributed by atoms with Gasteiger partial charge in [-0.2, -0.15) is 0 Å². The van der Waals surface area contributed by atoms with Crippen LogP contribution in [0.4, 0.5) is 5.69 Å². The van der Waals surface area contributed by atoms with Gasteiger partial charge >= 0.3 is 0 Å². The quantitative estimate of drug-likeness (QED) is 0.512. The van der Waals surface area contributed by atoms with Crippen molar-refractivity contribution in [3.05, 3.63) is 54.4 Å². The number of hydrogen-bond acceptors (Lipinski definition) is 6. The number of carbonyl (C=O) groups is 1. The van der Waals surface area contributed by atoms with Crippen molar-refractivity contribution >= 4 is 44.3 Å². The molecule has 0 unspecified atom stereocenters. The Morgan fingerprint density at radius 2 is 1.92 bits per heavy atom. The summed E-state index contributed by atoms with van der Waals surface area (Å²) in [6, 6.07) is 13.4. The first-order valence-electron chi connectivity index (χ1n) is 7.62. The van der Waals surface area contributed by atoms with Crippen LogP contribution in [-0.4, -0.2) is 30.0 Å². The van der Waals surface area contributed by atoms with E-state index in [1.807, 2.05) is 24.3 Å². The number of primary sulfonamides is 1. The van der Waals surface area contributed by atoms with E-state index >= 15 is 0 Å².